The van der Waals surface area contributed by atoms with Crippen molar-refractivity contribution in [2.75, 3.05) is 24.2 Å². The van der Waals surface area contributed by atoms with Gasteiger partial charge in [-0.25, -0.2) is 9.67 Å². The molecule has 4 rings (SSSR count). The van der Waals surface area contributed by atoms with E-state index >= 15 is 0 Å². The molecular weight excluding hydrogens is 368 g/mol. The smallest absolute Gasteiger partial charge is 0.273 e. The molecule has 2 aromatic heterocycles. The number of carbonyl (C=O) groups is 1. The first-order valence-electron chi connectivity index (χ1n) is 9.52. The largest absolute Gasteiger partial charge is 0.364 e. The van der Waals surface area contributed by atoms with Crippen molar-refractivity contribution >= 4 is 34.6 Å². The van der Waals surface area contributed by atoms with Crippen molar-refractivity contribution in [1.82, 2.24) is 30.3 Å². The number of amides is 1. The van der Waals surface area contributed by atoms with Crippen molar-refractivity contribution in [1.29, 1.82) is 0 Å². The van der Waals surface area contributed by atoms with E-state index in [1.165, 1.54) is 6.20 Å². The van der Waals surface area contributed by atoms with Gasteiger partial charge in [-0.15, -0.1) is 5.10 Å². The number of nitrogens with one attached hydrogen (secondary N) is 2. The fourth-order valence-corrected chi connectivity index (χ4v) is 3.27. The third-order valence-electron chi connectivity index (χ3n) is 4.18. The molecule has 3 aromatic rings. The average molecular weight is 388 g/mol. The number of fused-ring (bicyclic) bond motifs is 3. The number of hydrogen-bond donors (Lipinski definition) is 2. The van der Waals surface area contributed by atoms with Crippen LogP contribution in [-0.4, -0.2) is 44.9 Å². The summed E-state index contributed by atoms with van der Waals surface area (Å²) in [6, 6.07) is 5.54. The summed E-state index contributed by atoms with van der Waals surface area (Å²) in [4.78, 5) is 18.9. The zero-order valence-corrected chi connectivity index (χ0v) is 15.2. The van der Waals surface area contributed by atoms with Crippen LogP contribution in [0.5, 0.6) is 0 Å². The van der Waals surface area contributed by atoms with Crippen LogP contribution in [0.2, 0.25) is 5.02 Å². The maximum atomic E-state index is 12.4. The molecule has 1 amide bonds. The second-order valence-electron chi connectivity index (χ2n) is 6.01. The van der Waals surface area contributed by atoms with Crippen molar-refractivity contribution in [3.05, 3.63) is 46.8 Å². The number of rotatable bonds is 3. The molecule has 0 saturated carbocycles. The van der Waals surface area contributed by atoms with Gasteiger partial charge in [0.25, 0.3) is 5.91 Å². The Morgan fingerprint density at radius 3 is 3.07 bits per heavy atom. The van der Waals surface area contributed by atoms with E-state index in [0.717, 1.165) is 17.2 Å². The molecule has 3 heterocycles. The third kappa shape index (κ3) is 2.85. The summed E-state index contributed by atoms with van der Waals surface area (Å²) in [7, 11) is 1.91. The van der Waals surface area contributed by atoms with Gasteiger partial charge >= 0.3 is 0 Å². The van der Waals surface area contributed by atoms with Crippen LogP contribution in [0.1, 0.15) is 26.2 Å². The van der Waals surface area contributed by atoms with Crippen LogP contribution < -0.4 is 15.5 Å². The maximum absolute atomic E-state index is 12.4. The van der Waals surface area contributed by atoms with Gasteiger partial charge in [-0.2, -0.15) is 10.2 Å². The minimum atomic E-state index is -2.67. The predicted octanol–water partition coefficient (Wildman–Crippen LogP) is 2.07. The van der Waals surface area contributed by atoms with Crippen LogP contribution >= 0.6 is 11.6 Å². The van der Waals surface area contributed by atoms with Crippen LogP contribution in [0.4, 0.5) is 17.1 Å². The van der Waals surface area contributed by atoms with E-state index in [0.29, 0.717) is 18.1 Å². The van der Waals surface area contributed by atoms with E-state index in [2.05, 4.69) is 25.6 Å². The second kappa shape index (κ2) is 6.51. The van der Waals surface area contributed by atoms with E-state index in [4.69, 9.17) is 15.7 Å². The molecule has 2 N–H and O–H groups in total. The van der Waals surface area contributed by atoms with Crippen molar-refractivity contribution < 1.29 is 8.91 Å². The standard InChI is InChI=1S/C17H17ClN8O/c1-9-21-13-8-25(3)16-11(5-4-6-12(16)26(13)24-9)22-14-10(18)7-20-23-15(14)17(27)19-2/h4-7H,8H2,1-3H3,(H,19,27)(H,20,22)/i2D3. The molecule has 0 saturated heterocycles. The van der Waals surface area contributed by atoms with Gasteiger partial charge in [0.2, 0.25) is 0 Å². The zero-order valence-electron chi connectivity index (χ0n) is 17.5. The molecule has 1 aliphatic heterocycles. The molecule has 138 valence electrons. The number of para-hydroxylation sites is 1. The first-order chi connectivity index (χ1) is 14.1. The lowest BCUT2D eigenvalue weighted by atomic mass is 10.1. The van der Waals surface area contributed by atoms with Crippen LogP contribution in [0.15, 0.2) is 24.4 Å². The summed E-state index contributed by atoms with van der Waals surface area (Å²) in [5, 5.41) is 17.1. The quantitative estimate of drug-likeness (QED) is 0.709. The minimum Gasteiger partial charge on any atom is -0.364 e. The number of carbonyl (C=O) groups excluding carboxylic acids is 1. The van der Waals surface area contributed by atoms with Gasteiger partial charge < -0.3 is 15.5 Å². The lowest BCUT2D eigenvalue weighted by Crippen LogP contribution is -2.27. The molecule has 0 bridgehead atoms. The lowest BCUT2D eigenvalue weighted by molar-refractivity contribution is 0.0958. The molecule has 0 unspecified atom stereocenters. The highest BCUT2D eigenvalue weighted by Gasteiger charge is 2.26. The summed E-state index contributed by atoms with van der Waals surface area (Å²) in [6.45, 7) is -0.321. The highest BCUT2D eigenvalue weighted by molar-refractivity contribution is 6.34. The number of nitrogens with zero attached hydrogens (tertiary/aromatic N) is 6. The Kier molecular flexibility index (Phi) is 3.36. The number of anilines is 3. The zero-order chi connectivity index (χ0) is 21.6. The molecular formula is C17H17ClN8O. The Balaban J connectivity index is 1.78. The Bertz CT molecular complexity index is 1150. The average Bonchev–Trinajstić information content (AvgIpc) is 3.02. The first kappa shape index (κ1) is 13.9. The Morgan fingerprint density at radius 2 is 2.26 bits per heavy atom. The molecule has 1 aliphatic rings. The van der Waals surface area contributed by atoms with E-state index in [1.807, 2.05) is 42.4 Å². The van der Waals surface area contributed by atoms with Gasteiger partial charge in [0.05, 0.1) is 40.5 Å². The van der Waals surface area contributed by atoms with E-state index in [9.17, 15) is 4.79 Å². The number of halogens is 1. The normalized spacial score (nSPS) is 14.5. The molecule has 9 nitrogen and oxygen atoms in total. The summed E-state index contributed by atoms with van der Waals surface area (Å²) >= 11 is 6.27. The summed E-state index contributed by atoms with van der Waals surface area (Å²) in [6.07, 6.45) is 1.27. The predicted molar refractivity (Wildman–Crippen MR) is 102 cm³/mol. The lowest BCUT2D eigenvalue weighted by Gasteiger charge is -2.30. The van der Waals surface area contributed by atoms with E-state index < -0.39 is 12.9 Å². The number of aryl methyl sites for hydroxylation is 1. The SMILES string of the molecule is [2H]C([2H])([2H])NC(=O)c1nncc(Cl)c1Nc1cccc2c1N(C)Cc1nc(C)nn1-2. The van der Waals surface area contributed by atoms with Gasteiger partial charge in [-0.3, -0.25) is 4.79 Å². The van der Waals surface area contributed by atoms with Gasteiger partial charge in [0.15, 0.2) is 11.5 Å². The Labute approximate surface area is 164 Å². The molecule has 0 radical (unpaired) electrons. The first-order valence-corrected chi connectivity index (χ1v) is 8.39. The van der Waals surface area contributed by atoms with Gasteiger partial charge in [-0.1, -0.05) is 17.7 Å². The summed E-state index contributed by atoms with van der Waals surface area (Å²) in [5.41, 5.74) is 2.16. The fourth-order valence-electron chi connectivity index (χ4n) is 3.09. The molecule has 0 fully saturated rings. The van der Waals surface area contributed by atoms with Crippen molar-refractivity contribution in [2.24, 2.45) is 0 Å². The highest BCUT2D eigenvalue weighted by Crippen LogP contribution is 2.39. The maximum Gasteiger partial charge on any atom is 0.273 e. The van der Waals surface area contributed by atoms with E-state index in [-0.39, 0.29) is 16.4 Å². The van der Waals surface area contributed by atoms with Crippen LogP contribution in [0.25, 0.3) is 5.69 Å². The fraction of sp³-hybridized carbons (Fsp3) is 0.235. The number of hydrogen-bond acceptors (Lipinski definition) is 7. The van der Waals surface area contributed by atoms with Crippen molar-refractivity contribution in [3.63, 3.8) is 0 Å². The number of benzene rings is 1. The van der Waals surface area contributed by atoms with Crippen molar-refractivity contribution in [2.45, 2.75) is 13.5 Å². The van der Waals surface area contributed by atoms with Gasteiger partial charge in [0, 0.05) is 18.1 Å². The topological polar surface area (TPSA) is 101 Å². The van der Waals surface area contributed by atoms with Crippen LogP contribution in [0, 0.1) is 6.92 Å². The molecule has 27 heavy (non-hydrogen) atoms. The second-order valence-corrected chi connectivity index (χ2v) is 6.42. The molecule has 0 aliphatic carbocycles. The van der Waals surface area contributed by atoms with Crippen molar-refractivity contribution in [3.8, 4) is 5.69 Å². The number of aromatic nitrogens is 5. The van der Waals surface area contributed by atoms with Crippen LogP contribution in [0.3, 0.4) is 0 Å². The monoisotopic (exact) mass is 387 g/mol. The Morgan fingerprint density at radius 1 is 1.41 bits per heavy atom. The molecule has 10 heteroatoms. The van der Waals surface area contributed by atoms with Gasteiger partial charge in [-0.05, 0) is 19.1 Å². The minimum absolute atomic E-state index is 0.119. The highest BCUT2D eigenvalue weighted by atomic mass is 35.5. The van der Waals surface area contributed by atoms with E-state index in [1.54, 1.807) is 4.68 Å². The molecule has 0 atom stereocenters. The summed E-state index contributed by atoms with van der Waals surface area (Å²) in [5.74, 6) is 0.551. The molecule has 0 spiro atoms. The molecule has 1 aromatic carbocycles. The summed E-state index contributed by atoms with van der Waals surface area (Å²) < 4.78 is 23.5. The Hall–Kier alpha value is -3.20. The van der Waals surface area contributed by atoms with Gasteiger partial charge in [0.1, 0.15) is 5.82 Å². The third-order valence-corrected chi connectivity index (χ3v) is 4.46. The van der Waals surface area contributed by atoms with Crippen LogP contribution in [-0.2, 0) is 6.54 Å².